The second-order valence-electron chi connectivity index (χ2n) is 3.08. The van der Waals surface area contributed by atoms with Gasteiger partial charge in [0.1, 0.15) is 5.82 Å². The molecule has 0 aromatic heterocycles. The number of halogens is 3. The van der Waals surface area contributed by atoms with Gasteiger partial charge in [-0.15, -0.1) is 0 Å². The lowest BCUT2D eigenvalue weighted by atomic mass is 10.1. The van der Waals surface area contributed by atoms with Gasteiger partial charge < -0.3 is 0 Å². The Bertz CT molecular complexity index is 497. The largest absolute Gasteiger partial charge is 0.205 e. The highest BCUT2D eigenvalue weighted by Crippen LogP contribution is 2.30. The molecular formula is C12H7ClFI. The molecule has 2 aromatic carbocycles. The van der Waals surface area contributed by atoms with Crippen LogP contribution in [0.4, 0.5) is 4.39 Å². The molecule has 0 saturated carbocycles. The van der Waals surface area contributed by atoms with Gasteiger partial charge in [0.25, 0.3) is 0 Å². The third kappa shape index (κ3) is 2.16. The molecule has 0 aliphatic heterocycles. The minimum absolute atomic E-state index is 0.159. The lowest BCUT2D eigenvalue weighted by molar-refractivity contribution is 0.631. The van der Waals surface area contributed by atoms with E-state index in [0.717, 1.165) is 9.13 Å². The van der Waals surface area contributed by atoms with E-state index in [1.54, 1.807) is 18.2 Å². The number of rotatable bonds is 1. The zero-order valence-corrected chi connectivity index (χ0v) is 10.6. The maximum atomic E-state index is 13.7. The summed E-state index contributed by atoms with van der Waals surface area (Å²) in [5.74, 6) is -0.358. The Morgan fingerprint density at radius 3 is 2.33 bits per heavy atom. The first-order valence-electron chi connectivity index (χ1n) is 4.39. The maximum absolute atomic E-state index is 13.7. The van der Waals surface area contributed by atoms with Gasteiger partial charge in [-0.1, -0.05) is 41.9 Å². The van der Waals surface area contributed by atoms with Crippen molar-refractivity contribution >= 4 is 34.2 Å². The lowest BCUT2D eigenvalue weighted by Gasteiger charge is -2.06. The van der Waals surface area contributed by atoms with Crippen LogP contribution in [-0.2, 0) is 0 Å². The fourth-order valence-corrected chi connectivity index (χ4v) is 2.24. The molecule has 2 aromatic rings. The van der Waals surface area contributed by atoms with Crippen molar-refractivity contribution in [2.45, 2.75) is 0 Å². The van der Waals surface area contributed by atoms with Gasteiger partial charge in [-0.05, 0) is 40.3 Å². The first-order chi connectivity index (χ1) is 7.20. The van der Waals surface area contributed by atoms with Crippen LogP contribution in [0.2, 0.25) is 5.02 Å². The van der Waals surface area contributed by atoms with E-state index in [4.69, 9.17) is 11.6 Å². The molecule has 0 amide bonds. The van der Waals surface area contributed by atoms with Crippen LogP contribution in [0.25, 0.3) is 11.1 Å². The van der Waals surface area contributed by atoms with Crippen molar-refractivity contribution in [1.29, 1.82) is 0 Å². The summed E-state index contributed by atoms with van der Waals surface area (Å²) < 4.78 is 14.7. The van der Waals surface area contributed by atoms with Crippen LogP contribution in [0, 0.1) is 9.39 Å². The molecule has 0 N–H and O–H groups in total. The van der Waals surface area contributed by atoms with Gasteiger partial charge in [-0.2, -0.15) is 0 Å². The van der Waals surface area contributed by atoms with E-state index in [9.17, 15) is 4.39 Å². The van der Waals surface area contributed by atoms with Crippen molar-refractivity contribution in [2.75, 3.05) is 0 Å². The van der Waals surface area contributed by atoms with E-state index in [0.29, 0.717) is 5.56 Å². The van der Waals surface area contributed by atoms with E-state index in [1.807, 2.05) is 24.3 Å². The SMILES string of the molecule is Fc1c(Cl)cccc1-c1ccccc1I. The Hall–Kier alpha value is -0.610. The molecule has 0 spiro atoms. The summed E-state index contributed by atoms with van der Waals surface area (Å²) in [7, 11) is 0. The summed E-state index contributed by atoms with van der Waals surface area (Å²) in [6, 6.07) is 12.7. The molecule has 0 heterocycles. The monoisotopic (exact) mass is 332 g/mol. The predicted molar refractivity (Wildman–Crippen MR) is 69.6 cm³/mol. The molecule has 15 heavy (non-hydrogen) atoms. The summed E-state index contributed by atoms with van der Waals surface area (Å²) in [5.41, 5.74) is 1.42. The van der Waals surface area contributed by atoms with E-state index in [1.165, 1.54) is 0 Å². The minimum atomic E-state index is -0.358. The molecule has 0 bridgehead atoms. The predicted octanol–water partition coefficient (Wildman–Crippen LogP) is 4.75. The van der Waals surface area contributed by atoms with Gasteiger partial charge >= 0.3 is 0 Å². The average Bonchev–Trinajstić information content (AvgIpc) is 2.23. The average molecular weight is 333 g/mol. The molecule has 0 nitrogen and oxygen atoms in total. The third-order valence-corrected chi connectivity index (χ3v) is 3.35. The second kappa shape index (κ2) is 4.49. The molecule has 0 atom stereocenters. The number of hydrogen-bond donors (Lipinski definition) is 0. The quantitative estimate of drug-likeness (QED) is 0.661. The molecule has 2 rings (SSSR count). The summed E-state index contributed by atoms with van der Waals surface area (Å²) in [5, 5.41) is 0.159. The Balaban J connectivity index is 2.65. The highest BCUT2D eigenvalue weighted by molar-refractivity contribution is 14.1. The van der Waals surface area contributed by atoms with Crippen LogP contribution in [0.15, 0.2) is 42.5 Å². The maximum Gasteiger partial charge on any atom is 0.149 e. The molecular weight excluding hydrogens is 325 g/mol. The van der Waals surface area contributed by atoms with Gasteiger partial charge in [0.2, 0.25) is 0 Å². The molecule has 0 radical (unpaired) electrons. The standard InChI is InChI=1S/C12H7ClFI/c13-10-6-3-5-9(12(10)14)8-4-1-2-7-11(8)15/h1-7H. The van der Waals surface area contributed by atoms with Crippen molar-refractivity contribution in [3.63, 3.8) is 0 Å². The van der Waals surface area contributed by atoms with E-state index < -0.39 is 0 Å². The summed E-state index contributed by atoms with van der Waals surface area (Å²) >= 11 is 7.92. The zero-order valence-electron chi connectivity index (χ0n) is 7.68. The first-order valence-corrected chi connectivity index (χ1v) is 5.85. The Morgan fingerprint density at radius 2 is 1.60 bits per heavy atom. The van der Waals surface area contributed by atoms with Gasteiger partial charge in [0.15, 0.2) is 0 Å². The molecule has 0 aliphatic rings. The van der Waals surface area contributed by atoms with Crippen molar-refractivity contribution in [3.8, 4) is 11.1 Å². The minimum Gasteiger partial charge on any atom is -0.205 e. The zero-order chi connectivity index (χ0) is 10.8. The first kappa shape index (κ1) is 10.9. The summed E-state index contributed by atoms with van der Waals surface area (Å²) in [6.45, 7) is 0. The van der Waals surface area contributed by atoms with Crippen LogP contribution in [0.3, 0.4) is 0 Å². The van der Waals surface area contributed by atoms with Crippen LogP contribution in [-0.4, -0.2) is 0 Å². The van der Waals surface area contributed by atoms with Crippen molar-refractivity contribution in [2.24, 2.45) is 0 Å². The second-order valence-corrected chi connectivity index (χ2v) is 4.65. The van der Waals surface area contributed by atoms with Crippen LogP contribution in [0.1, 0.15) is 0 Å². The van der Waals surface area contributed by atoms with Gasteiger partial charge in [0, 0.05) is 9.13 Å². The molecule has 0 saturated heterocycles. The van der Waals surface area contributed by atoms with Crippen molar-refractivity contribution < 1.29 is 4.39 Å². The highest BCUT2D eigenvalue weighted by atomic mass is 127. The topological polar surface area (TPSA) is 0 Å². The van der Waals surface area contributed by atoms with Crippen molar-refractivity contribution in [1.82, 2.24) is 0 Å². The van der Waals surface area contributed by atoms with Crippen molar-refractivity contribution in [3.05, 3.63) is 56.9 Å². The van der Waals surface area contributed by atoms with Crippen LogP contribution in [0.5, 0.6) is 0 Å². The van der Waals surface area contributed by atoms with Gasteiger partial charge in [0.05, 0.1) is 5.02 Å². The van der Waals surface area contributed by atoms with Crippen LogP contribution < -0.4 is 0 Å². The smallest absolute Gasteiger partial charge is 0.149 e. The number of hydrogen-bond acceptors (Lipinski definition) is 0. The molecule has 0 aliphatic carbocycles. The summed E-state index contributed by atoms with van der Waals surface area (Å²) in [6.07, 6.45) is 0. The molecule has 0 unspecified atom stereocenters. The summed E-state index contributed by atoms with van der Waals surface area (Å²) in [4.78, 5) is 0. The lowest BCUT2D eigenvalue weighted by Crippen LogP contribution is -1.87. The van der Waals surface area contributed by atoms with E-state index >= 15 is 0 Å². The number of benzene rings is 2. The Labute approximate surface area is 106 Å². The van der Waals surface area contributed by atoms with Gasteiger partial charge in [-0.3, -0.25) is 0 Å². The fraction of sp³-hybridized carbons (Fsp3) is 0. The van der Waals surface area contributed by atoms with Gasteiger partial charge in [-0.25, -0.2) is 4.39 Å². The van der Waals surface area contributed by atoms with E-state index in [2.05, 4.69) is 22.6 Å². The highest BCUT2D eigenvalue weighted by Gasteiger charge is 2.10. The molecule has 3 heteroatoms. The van der Waals surface area contributed by atoms with Crippen LogP contribution >= 0.6 is 34.2 Å². The molecule has 76 valence electrons. The van der Waals surface area contributed by atoms with E-state index in [-0.39, 0.29) is 10.8 Å². The molecule has 0 fully saturated rings. The Kier molecular flexibility index (Phi) is 3.26. The normalized spacial score (nSPS) is 10.3. The fourth-order valence-electron chi connectivity index (χ4n) is 1.39. The Morgan fingerprint density at radius 1 is 0.933 bits per heavy atom. The third-order valence-electron chi connectivity index (χ3n) is 2.12.